The highest BCUT2D eigenvalue weighted by molar-refractivity contribution is 8.13. The fourth-order valence-electron chi connectivity index (χ4n) is 3.57. The minimum Gasteiger partial charge on any atom is -0.431 e. The molecule has 1 fully saturated rings. The number of ether oxygens (including phenoxy) is 2. The Bertz CT molecular complexity index is 995. The second kappa shape index (κ2) is 8.32. The standard InChI is InChI=1S/C19H21F2N5O3S2/c1-10-5-11-7-31-17(22)26-19(11,9-28-10)16-25-14(8-30-16)24-15(27)13-4-3-12(6-23-13)29-18(2,20)21/h3-4,6,8,10-11H,5,7,9H2,1-2H3,(H2,22,26)(H,24,27)/t10-,11-,19?/m0/s1. The summed E-state index contributed by atoms with van der Waals surface area (Å²) in [4.78, 5) is 25.7. The van der Waals surface area contributed by atoms with Crippen molar-refractivity contribution in [1.82, 2.24) is 9.97 Å². The second-order valence-electron chi connectivity index (χ2n) is 7.52. The predicted molar refractivity (Wildman–Crippen MR) is 115 cm³/mol. The van der Waals surface area contributed by atoms with E-state index in [1.165, 1.54) is 35.2 Å². The van der Waals surface area contributed by atoms with Gasteiger partial charge in [0.15, 0.2) is 5.17 Å². The van der Waals surface area contributed by atoms with Crippen molar-refractivity contribution in [2.75, 3.05) is 17.7 Å². The number of nitrogens with zero attached hydrogens (tertiary/aromatic N) is 3. The number of nitrogens with one attached hydrogen (secondary N) is 1. The molecule has 2 aromatic heterocycles. The number of alkyl halides is 2. The van der Waals surface area contributed by atoms with E-state index in [-0.39, 0.29) is 23.5 Å². The number of thioether (sulfide) groups is 1. The summed E-state index contributed by atoms with van der Waals surface area (Å²) in [5, 5.41) is 5.63. The zero-order valence-corrected chi connectivity index (χ0v) is 18.4. The summed E-state index contributed by atoms with van der Waals surface area (Å²) >= 11 is 2.91. The molecule has 0 aliphatic carbocycles. The molecule has 2 aromatic rings. The Kier molecular flexibility index (Phi) is 5.88. The van der Waals surface area contributed by atoms with Gasteiger partial charge in [-0.25, -0.2) is 15.0 Å². The maximum atomic E-state index is 12.9. The topological polar surface area (TPSA) is 112 Å². The van der Waals surface area contributed by atoms with Gasteiger partial charge in [0.05, 0.1) is 18.9 Å². The molecule has 4 heterocycles. The van der Waals surface area contributed by atoms with Gasteiger partial charge >= 0.3 is 6.11 Å². The van der Waals surface area contributed by atoms with Gasteiger partial charge in [-0.3, -0.25) is 4.79 Å². The molecule has 31 heavy (non-hydrogen) atoms. The lowest BCUT2D eigenvalue weighted by Gasteiger charge is -2.44. The monoisotopic (exact) mass is 469 g/mol. The Labute approximate surface area is 185 Å². The Morgan fingerprint density at radius 2 is 2.26 bits per heavy atom. The van der Waals surface area contributed by atoms with Crippen LogP contribution in [0.25, 0.3) is 0 Å². The highest BCUT2D eigenvalue weighted by atomic mass is 32.2. The first-order valence-corrected chi connectivity index (χ1v) is 11.4. The van der Waals surface area contributed by atoms with E-state index in [1.54, 1.807) is 5.38 Å². The third-order valence-corrected chi connectivity index (χ3v) is 6.97. The van der Waals surface area contributed by atoms with Crippen LogP contribution in [-0.2, 0) is 10.3 Å². The van der Waals surface area contributed by atoms with Crippen LogP contribution in [0.15, 0.2) is 28.7 Å². The van der Waals surface area contributed by atoms with Crippen LogP contribution in [0, 0.1) is 5.92 Å². The van der Waals surface area contributed by atoms with Crippen LogP contribution in [0.5, 0.6) is 5.75 Å². The van der Waals surface area contributed by atoms with Gasteiger partial charge in [0.1, 0.15) is 27.8 Å². The zero-order valence-electron chi connectivity index (χ0n) is 16.8. The zero-order chi connectivity index (χ0) is 22.2. The number of carbonyl (C=O) groups is 1. The molecule has 0 aromatic carbocycles. The van der Waals surface area contributed by atoms with Gasteiger partial charge in [-0.1, -0.05) is 11.8 Å². The average molecular weight is 470 g/mol. The Morgan fingerprint density at radius 3 is 2.97 bits per heavy atom. The number of amidine groups is 1. The van der Waals surface area contributed by atoms with Crippen molar-refractivity contribution in [3.63, 3.8) is 0 Å². The highest BCUT2D eigenvalue weighted by Gasteiger charge is 2.49. The molecule has 166 valence electrons. The number of anilines is 1. The average Bonchev–Trinajstić information content (AvgIpc) is 3.16. The second-order valence-corrected chi connectivity index (χ2v) is 9.42. The van der Waals surface area contributed by atoms with Gasteiger partial charge in [-0.15, -0.1) is 11.3 Å². The first-order valence-electron chi connectivity index (χ1n) is 9.54. The summed E-state index contributed by atoms with van der Waals surface area (Å²) in [7, 11) is 0. The lowest BCUT2D eigenvalue weighted by molar-refractivity contribution is -0.159. The molecule has 12 heteroatoms. The van der Waals surface area contributed by atoms with E-state index in [1.807, 2.05) is 6.92 Å². The minimum absolute atomic E-state index is 0.0449. The van der Waals surface area contributed by atoms with Gasteiger partial charge in [0.25, 0.3) is 5.91 Å². The van der Waals surface area contributed by atoms with Crippen molar-refractivity contribution in [3.05, 3.63) is 34.4 Å². The van der Waals surface area contributed by atoms with Gasteiger partial charge in [-0.2, -0.15) is 8.78 Å². The lowest BCUT2D eigenvalue weighted by atomic mass is 9.80. The Hall–Kier alpha value is -2.31. The fourth-order valence-corrected chi connectivity index (χ4v) is 5.54. The van der Waals surface area contributed by atoms with E-state index < -0.39 is 17.6 Å². The maximum Gasteiger partial charge on any atom is 0.394 e. The largest absolute Gasteiger partial charge is 0.431 e. The number of pyridine rings is 1. The van der Waals surface area contributed by atoms with Crippen molar-refractivity contribution in [1.29, 1.82) is 0 Å². The van der Waals surface area contributed by atoms with Crippen LogP contribution < -0.4 is 15.8 Å². The molecular weight excluding hydrogens is 448 g/mol. The van der Waals surface area contributed by atoms with Gasteiger partial charge < -0.3 is 20.5 Å². The molecule has 0 spiro atoms. The third kappa shape index (κ3) is 4.80. The molecule has 0 saturated carbocycles. The number of amides is 1. The van der Waals surface area contributed by atoms with E-state index >= 15 is 0 Å². The quantitative estimate of drug-likeness (QED) is 0.690. The maximum absolute atomic E-state index is 12.9. The number of rotatable bonds is 5. The number of hydrogen-bond donors (Lipinski definition) is 2. The number of nitrogens with two attached hydrogens (primary N) is 1. The van der Waals surface area contributed by atoms with E-state index in [2.05, 4.69) is 20.0 Å². The molecule has 0 radical (unpaired) electrons. The molecular formula is C19H21F2N5O3S2. The predicted octanol–water partition coefficient (Wildman–Crippen LogP) is 3.46. The molecule has 1 saturated heterocycles. The van der Waals surface area contributed by atoms with E-state index in [0.717, 1.165) is 23.4 Å². The number of thiazole rings is 1. The summed E-state index contributed by atoms with van der Waals surface area (Å²) in [6.07, 6.45) is -1.28. The minimum atomic E-state index is -3.33. The van der Waals surface area contributed by atoms with Crippen LogP contribution in [0.2, 0.25) is 0 Å². The van der Waals surface area contributed by atoms with Gasteiger partial charge in [0, 0.05) is 24.0 Å². The summed E-state index contributed by atoms with van der Waals surface area (Å²) in [6.45, 7) is 3.04. The first kappa shape index (κ1) is 21.9. The summed E-state index contributed by atoms with van der Waals surface area (Å²) in [5.74, 6) is 0.762. The summed E-state index contributed by atoms with van der Waals surface area (Å²) in [6, 6.07) is 2.56. The molecule has 8 nitrogen and oxygen atoms in total. The number of aromatic nitrogens is 2. The van der Waals surface area contributed by atoms with E-state index in [4.69, 9.17) is 15.5 Å². The molecule has 1 amide bonds. The van der Waals surface area contributed by atoms with Gasteiger partial charge in [-0.05, 0) is 25.5 Å². The molecule has 4 rings (SSSR count). The Balaban J connectivity index is 1.50. The van der Waals surface area contributed by atoms with Crippen LogP contribution in [0.1, 0.15) is 35.8 Å². The molecule has 0 bridgehead atoms. The molecule has 2 aliphatic heterocycles. The number of carbonyl (C=O) groups excluding carboxylic acids is 1. The molecule has 1 unspecified atom stereocenters. The van der Waals surface area contributed by atoms with Crippen LogP contribution in [0.3, 0.4) is 0 Å². The summed E-state index contributed by atoms with van der Waals surface area (Å²) in [5.41, 5.74) is 5.40. The highest BCUT2D eigenvalue weighted by Crippen LogP contribution is 2.47. The van der Waals surface area contributed by atoms with Crippen molar-refractivity contribution in [2.45, 2.75) is 38.0 Å². The lowest BCUT2D eigenvalue weighted by Crippen LogP contribution is -2.49. The number of fused-ring (bicyclic) bond motifs is 1. The smallest absolute Gasteiger partial charge is 0.394 e. The van der Waals surface area contributed by atoms with Gasteiger partial charge in [0.2, 0.25) is 0 Å². The van der Waals surface area contributed by atoms with Crippen LogP contribution >= 0.6 is 23.1 Å². The van der Waals surface area contributed by atoms with Crippen molar-refractivity contribution >= 4 is 40.0 Å². The Morgan fingerprint density at radius 1 is 1.45 bits per heavy atom. The van der Waals surface area contributed by atoms with Crippen LogP contribution in [-0.4, -0.2) is 45.6 Å². The molecule has 2 aliphatic rings. The van der Waals surface area contributed by atoms with Crippen molar-refractivity contribution in [2.24, 2.45) is 16.6 Å². The number of aliphatic imine (C=N–C) groups is 1. The number of halogens is 2. The number of hydrogen-bond acceptors (Lipinski definition) is 9. The molecule has 3 atom stereocenters. The summed E-state index contributed by atoms with van der Waals surface area (Å²) < 4.78 is 36.1. The van der Waals surface area contributed by atoms with Crippen molar-refractivity contribution < 1.29 is 23.0 Å². The fraction of sp³-hybridized carbons (Fsp3) is 0.474. The van der Waals surface area contributed by atoms with E-state index in [9.17, 15) is 13.6 Å². The van der Waals surface area contributed by atoms with Crippen molar-refractivity contribution in [3.8, 4) is 5.75 Å². The normalized spacial score (nSPS) is 26.0. The third-order valence-electron chi connectivity index (χ3n) is 5.00. The molecule has 3 N–H and O–H groups in total. The van der Waals surface area contributed by atoms with Crippen LogP contribution in [0.4, 0.5) is 14.6 Å². The van der Waals surface area contributed by atoms with E-state index in [0.29, 0.717) is 24.5 Å². The first-order chi connectivity index (χ1) is 14.6. The SMILES string of the molecule is C[C@H]1C[C@H]2CSC(N)=NC2(c2nc(NC(=O)c3ccc(OC(C)(F)F)cn3)cs2)CO1.